The predicted molar refractivity (Wildman–Crippen MR) is 137 cm³/mol. The first-order valence-electron chi connectivity index (χ1n) is 11.5. The van der Waals surface area contributed by atoms with Crippen LogP contribution in [0.5, 0.6) is 11.5 Å². The Kier molecular flexibility index (Phi) is 8.69. The lowest BCUT2D eigenvalue weighted by molar-refractivity contribution is -0.789. The Morgan fingerprint density at radius 1 is 0.857 bits per heavy atom. The van der Waals surface area contributed by atoms with E-state index in [4.69, 9.17) is 20.9 Å². The molecule has 0 aliphatic carbocycles. The lowest BCUT2D eigenvalue weighted by Gasteiger charge is -2.24. The number of benzene rings is 2. The minimum absolute atomic E-state index is 0.170. The third-order valence-electron chi connectivity index (χ3n) is 5.38. The molecule has 0 saturated carbocycles. The summed E-state index contributed by atoms with van der Waals surface area (Å²) in [5.41, 5.74) is 14.1. The average Bonchev–Trinajstić information content (AvgIpc) is 3.26. The fourth-order valence-electron chi connectivity index (χ4n) is 3.80. The molecule has 0 saturated heterocycles. The number of quaternary nitrogens is 1. The summed E-state index contributed by atoms with van der Waals surface area (Å²) in [6, 6.07) is 10.3. The molecule has 2 amide bonds. The third kappa shape index (κ3) is 7.75. The summed E-state index contributed by atoms with van der Waals surface area (Å²) >= 11 is 0. The molecule has 0 unspecified atom stereocenters. The van der Waals surface area contributed by atoms with Crippen LogP contribution in [-0.2, 0) is 9.59 Å². The molecule has 0 aromatic heterocycles. The number of nitrogens with two attached hydrogens (primary N) is 2. The zero-order chi connectivity index (χ0) is 25.3. The van der Waals surface area contributed by atoms with Crippen molar-refractivity contribution in [3.8, 4) is 11.5 Å². The molecule has 1 aliphatic heterocycles. The van der Waals surface area contributed by atoms with E-state index in [1.54, 1.807) is 36.4 Å². The van der Waals surface area contributed by atoms with Crippen molar-refractivity contribution in [1.82, 2.24) is 0 Å². The number of nitrogens with zero attached hydrogens (tertiary/aromatic N) is 1. The van der Waals surface area contributed by atoms with Crippen LogP contribution in [0.2, 0.25) is 0 Å². The SMILES string of the molecule is CC(=O)Nc1ccc(N)cc1OCCC[N+]1(CCCOc2cc(N)ccc2NC(C)=O)C=C[NH+]=C1. The minimum atomic E-state index is -0.170. The number of rotatable bonds is 12. The van der Waals surface area contributed by atoms with Gasteiger partial charge in [-0.15, -0.1) is 0 Å². The second kappa shape index (κ2) is 11.9. The monoisotopic (exact) mass is 482 g/mol. The van der Waals surface area contributed by atoms with E-state index in [9.17, 15) is 9.59 Å². The van der Waals surface area contributed by atoms with Gasteiger partial charge in [0.15, 0.2) is 6.20 Å². The highest BCUT2D eigenvalue weighted by molar-refractivity contribution is 5.91. The van der Waals surface area contributed by atoms with Crippen molar-refractivity contribution in [2.45, 2.75) is 26.7 Å². The Morgan fingerprint density at radius 3 is 1.74 bits per heavy atom. The summed E-state index contributed by atoms with van der Waals surface area (Å²) in [6.07, 6.45) is 7.61. The number of ether oxygens (including phenoxy) is 2. The molecular weight excluding hydrogens is 448 g/mol. The topological polar surface area (TPSA) is 143 Å². The van der Waals surface area contributed by atoms with E-state index >= 15 is 0 Å². The van der Waals surface area contributed by atoms with E-state index in [0.717, 1.165) is 25.9 Å². The van der Waals surface area contributed by atoms with Crippen molar-refractivity contribution < 1.29 is 28.5 Å². The first-order chi connectivity index (χ1) is 16.8. The number of nitrogens with one attached hydrogen (secondary N) is 3. The number of amides is 2. The van der Waals surface area contributed by atoms with Gasteiger partial charge in [0.1, 0.15) is 11.5 Å². The normalized spacial score (nSPS) is 13.4. The van der Waals surface area contributed by atoms with Crippen molar-refractivity contribution in [3.63, 3.8) is 0 Å². The van der Waals surface area contributed by atoms with Crippen LogP contribution in [0.25, 0.3) is 0 Å². The molecule has 0 radical (unpaired) electrons. The van der Waals surface area contributed by atoms with E-state index in [0.29, 0.717) is 51.9 Å². The molecule has 0 spiro atoms. The molecule has 10 nitrogen and oxygen atoms in total. The molecule has 0 bridgehead atoms. The van der Waals surface area contributed by atoms with Gasteiger partial charge < -0.3 is 31.6 Å². The highest BCUT2D eigenvalue weighted by Gasteiger charge is 2.29. The minimum Gasteiger partial charge on any atom is -0.491 e. The van der Waals surface area contributed by atoms with Gasteiger partial charge in [-0.25, -0.2) is 4.48 Å². The summed E-state index contributed by atoms with van der Waals surface area (Å²) in [6.45, 7) is 5.48. The Hall–Kier alpha value is -4.05. The second-order valence-electron chi connectivity index (χ2n) is 8.44. The number of hydrogen-bond acceptors (Lipinski definition) is 6. The van der Waals surface area contributed by atoms with Crippen molar-refractivity contribution in [2.75, 3.05) is 48.4 Å². The number of carbonyl (C=O) groups excluding carboxylic acids is 2. The summed E-state index contributed by atoms with van der Waals surface area (Å²) < 4.78 is 12.5. The van der Waals surface area contributed by atoms with Gasteiger partial charge in [0.25, 0.3) is 0 Å². The molecule has 3 rings (SSSR count). The van der Waals surface area contributed by atoms with Crippen LogP contribution in [0.15, 0.2) is 48.8 Å². The molecule has 1 aliphatic rings. The summed E-state index contributed by atoms with van der Waals surface area (Å²) in [5, 5.41) is 5.52. The molecule has 7 N–H and O–H groups in total. The van der Waals surface area contributed by atoms with Crippen molar-refractivity contribution in [1.29, 1.82) is 0 Å². The van der Waals surface area contributed by atoms with Crippen LogP contribution in [0.3, 0.4) is 0 Å². The average molecular weight is 483 g/mol. The van der Waals surface area contributed by atoms with E-state index in [1.807, 2.05) is 12.5 Å². The summed E-state index contributed by atoms with van der Waals surface area (Å²) in [4.78, 5) is 26.0. The van der Waals surface area contributed by atoms with Crippen molar-refractivity contribution >= 4 is 40.9 Å². The van der Waals surface area contributed by atoms with Gasteiger partial charge in [-0.3, -0.25) is 9.59 Å². The molecule has 186 valence electrons. The second-order valence-corrected chi connectivity index (χ2v) is 8.44. The molecule has 1 heterocycles. The lowest BCUT2D eigenvalue weighted by atomic mass is 10.2. The number of nitrogen functional groups attached to an aromatic ring is 2. The molecule has 2 aromatic rings. The molecular formula is C25H34N6O4+2. The van der Waals surface area contributed by atoms with E-state index in [-0.39, 0.29) is 11.8 Å². The standard InChI is InChI=1S/C25H32N6O4/c1-18(32)29-22-7-5-20(26)15-24(22)34-13-3-10-31(12-9-28-17-31)11-4-14-35-25-16-21(27)6-8-23(25)30-19(2)33/h5-9,12,15-17H,3-4,10-11,13-14,26-27H2,1-2H3,(H-,29,30,32,33)/p+2. The van der Waals surface area contributed by atoms with E-state index < -0.39 is 0 Å². The van der Waals surface area contributed by atoms with Gasteiger partial charge in [-0.1, -0.05) is 0 Å². The third-order valence-corrected chi connectivity index (χ3v) is 5.38. The van der Waals surface area contributed by atoms with Gasteiger partial charge in [0.2, 0.25) is 18.0 Å². The lowest BCUT2D eigenvalue weighted by Crippen LogP contribution is -2.63. The van der Waals surface area contributed by atoms with Crippen LogP contribution >= 0.6 is 0 Å². The van der Waals surface area contributed by atoms with E-state index in [1.165, 1.54) is 13.8 Å². The number of carbonyl (C=O) groups is 2. The van der Waals surface area contributed by atoms with Gasteiger partial charge in [0.05, 0.1) is 37.7 Å². The van der Waals surface area contributed by atoms with Crippen molar-refractivity contribution in [2.24, 2.45) is 0 Å². The Morgan fingerprint density at radius 2 is 1.34 bits per heavy atom. The first-order valence-corrected chi connectivity index (χ1v) is 11.5. The fraction of sp³-hybridized carbons (Fsp3) is 0.320. The van der Waals surface area contributed by atoms with Crippen LogP contribution in [-0.4, -0.2) is 48.9 Å². The molecule has 10 heteroatoms. The maximum Gasteiger partial charge on any atom is 0.335 e. The Bertz CT molecular complexity index is 1030. The highest BCUT2D eigenvalue weighted by Crippen LogP contribution is 2.28. The molecule has 35 heavy (non-hydrogen) atoms. The van der Waals surface area contributed by atoms with Gasteiger partial charge in [0, 0.05) is 50.2 Å². The van der Waals surface area contributed by atoms with Crippen molar-refractivity contribution in [3.05, 3.63) is 48.8 Å². The molecule has 0 atom stereocenters. The van der Waals surface area contributed by atoms with Crippen LogP contribution in [0.4, 0.5) is 22.7 Å². The van der Waals surface area contributed by atoms with E-state index in [2.05, 4.69) is 21.8 Å². The summed E-state index contributed by atoms with van der Waals surface area (Å²) in [7, 11) is 0. The predicted octanol–water partition coefficient (Wildman–Crippen LogP) is 1.42. The zero-order valence-corrected chi connectivity index (χ0v) is 20.2. The fourth-order valence-corrected chi connectivity index (χ4v) is 3.80. The smallest absolute Gasteiger partial charge is 0.335 e. The first kappa shape index (κ1) is 25.6. The van der Waals surface area contributed by atoms with Gasteiger partial charge in [-0.2, -0.15) is 4.99 Å². The maximum atomic E-state index is 11.4. The largest absolute Gasteiger partial charge is 0.491 e. The quantitative estimate of drug-likeness (QED) is 0.176. The summed E-state index contributed by atoms with van der Waals surface area (Å²) in [5.74, 6) is 0.765. The van der Waals surface area contributed by atoms with Crippen LogP contribution in [0.1, 0.15) is 26.7 Å². The van der Waals surface area contributed by atoms with Crippen LogP contribution < -0.4 is 36.6 Å². The van der Waals surface area contributed by atoms with Crippen LogP contribution in [0, 0.1) is 0 Å². The maximum absolute atomic E-state index is 11.4. The molecule has 0 fully saturated rings. The number of hydrogen-bond donors (Lipinski definition) is 5. The number of anilines is 4. The van der Waals surface area contributed by atoms with Gasteiger partial charge >= 0.3 is 6.34 Å². The molecule has 2 aromatic carbocycles. The Labute approximate surface area is 205 Å². The highest BCUT2D eigenvalue weighted by atomic mass is 16.5. The zero-order valence-electron chi connectivity index (χ0n) is 20.2. The Balaban J connectivity index is 1.50. The van der Waals surface area contributed by atoms with Gasteiger partial charge in [-0.05, 0) is 24.3 Å².